The maximum atomic E-state index is 6.38. The number of hydrogen-bond acceptors (Lipinski definition) is 0. The Hall–Kier alpha value is -1.43. The van der Waals surface area contributed by atoms with E-state index in [0.717, 1.165) is 11.1 Å². The van der Waals surface area contributed by atoms with Crippen LogP contribution in [0.5, 0.6) is 0 Å². The topological polar surface area (TPSA) is 0 Å². The molecule has 0 aliphatic carbocycles. The molecule has 0 unspecified atom stereocenters. The third-order valence-electron chi connectivity index (χ3n) is 3.90. The maximum absolute atomic E-state index is 6.38. The molecule has 2 aromatic rings. The van der Waals surface area contributed by atoms with Crippen molar-refractivity contribution in [3.63, 3.8) is 0 Å². The van der Waals surface area contributed by atoms with Gasteiger partial charge in [0.2, 0.25) is 0 Å². The fraction of sp³-hybridized carbons (Fsp3) is 0.368. The van der Waals surface area contributed by atoms with Crippen LogP contribution < -0.4 is 0 Å². The van der Waals surface area contributed by atoms with Crippen LogP contribution in [0.15, 0.2) is 42.5 Å². The summed E-state index contributed by atoms with van der Waals surface area (Å²) < 4.78 is 0. The summed E-state index contributed by atoms with van der Waals surface area (Å²) in [5, 5.41) is -0.788. The molecule has 0 saturated heterocycles. The molecule has 2 rings (SSSR count). The van der Waals surface area contributed by atoms with Crippen molar-refractivity contribution in [3.05, 3.63) is 59.2 Å². The molecule has 4 radical (unpaired) electrons. The monoisotopic (exact) mass is 272 g/mol. The zero-order valence-corrected chi connectivity index (χ0v) is 13.7. The van der Waals surface area contributed by atoms with E-state index in [1.165, 1.54) is 16.7 Å². The van der Waals surface area contributed by atoms with Crippen LogP contribution in [0.4, 0.5) is 0 Å². The van der Waals surface area contributed by atoms with Crippen LogP contribution in [-0.2, 0) is 10.6 Å². The highest BCUT2D eigenvalue weighted by Gasteiger charge is 2.24. The Bertz CT molecular complexity index is 594. The molecule has 0 saturated carbocycles. The average molecular weight is 272 g/mol. The van der Waals surface area contributed by atoms with Gasteiger partial charge >= 0.3 is 0 Å². The van der Waals surface area contributed by atoms with E-state index in [0.29, 0.717) is 0 Å². The summed E-state index contributed by atoms with van der Waals surface area (Å²) in [5.74, 6) is 0. The molecular weight excluding hydrogens is 250 g/mol. The van der Waals surface area contributed by atoms with Gasteiger partial charge in [0.05, 0.1) is 15.7 Å². The Kier molecular flexibility index (Phi) is 4.10. The highest BCUT2D eigenvalue weighted by Crippen LogP contribution is 2.35. The molecular formula is C19H22B2. The van der Waals surface area contributed by atoms with Gasteiger partial charge in [0, 0.05) is 0 Å². The molecule has 21 heavy (non-hydrogen) atoms. The summed E-state index contributed by atoms with van der Waals surface area (Å²) in [6.07, 6.45) is 0. The Morgan fingerprint density at radius 1 is 0.714 bits per heavy atom. The van der Waals surface area contributed by atoms with Gasteiger partial charge in [-0.25, -0.2) is 0 Å². The summed E-state index contributed by atoms with van der Waals surface area (Å²) in [6, 6.07) is 14.8. The van der Waals surface area contributed by atoms with Crippen molar-refractivity contribution in [1.82, 2.24) is 0 Å². The van der Waals surface area contributed by atoms with Crippen molar-refractivity contribution in [3.8, 4) is 11.1 Å². The van der Waals surface area contributed by atoms with E-state index in [1.807, 2.05) is 33.8 Å². The maximum Gasteiger partial charge on any atom is 0.0803 e. The Balaban J connectivity index is 2.75. The van der Waals surface area contributed by atoms with Gasteiger partial charge in [-0.3, -0.25) is 0 Å². The van der Waals surface area contributed by atoms with Crippen LogP contribution in [0.1, 0.15) is 44.4 Å². The van der Waals surface area contributed by atoms with Crippen molar-refractivity contribution in [2.24, 2.45) is 0 Å². The molecule has 2 heteroatoms. The SMILES string of the molecule is [B]C(C)(C)c1cc(-c2ccccc2)cc(C([B])(C)C)c1C. The predicted molar refractivity (Wildman–Crippen MR) is 94.2 cm³/mol. The first-order valence-electron chi connectivity index (χ1n) is 7.39. The number of rotatable bonds is 3. The lowest BCUT2D eigenvalue weighted by atomic mass is 9.61. The van der Waals surface area contributed by atoms with Crippen molar-refractivity contribution in [2.45, 2.75) is 45.2 Å². The third kappa shape index (κ3) is 3.43. The van der Waals surface area contributed by atoms with Gasteiger partial charge < -0.3 is 0 Å². The molecule has 0 spiro atoms. The zero-order valence-electron chi connectivity index (χ0n) is 13.7. The zero-order chi connectivity index (χ0) is 15.8. The lowest BCUT2D eigenvalue weighted by Gasteiger charge is -2.30. The Morgan fingerprint density at radius 2 is 1.14 bits per heavy atom. The molecule has 0 amide bonds. The molecule has 0 N–H and O–H groups in total. The van der Waals surface area contributed by atoms with Gasteiger partial charge in [0.1, 0.15) is 0 Å². The van der Waals surface area contributed by atoms with Crippen molar-refractivity contribution < 1.29 is 0 Å². The minimum absolute atomic E-state index is 0.394. The Morgan fingerprint density at radius 3 is 1.52 bits per heavy atom. The normalized spacial score (nSPS) is 12.4. The standard InChI is InChI=1S/C19H22B2/c1-13-16(18(2,3)20)11-15(12-17(13)19(4,5)21)14-9-7-6-8-10-14/h6-12H,1-5H3. The summed E-state index contributed by atoms with van der Waals surface area (Å²) in [5.41, 5.74) is 5.85. The van der Waals surface area contributed by atoms with E-state index < -0.39 is 10.6 Å². The van der Waals surface area contributed by atoms with Crippen LogP contribution in [-0.4, -0.2) is 15.7 Å². The summed E-state index contributed by atoms with van der Waals surface area (Å²) in [4.78, 5) is 0. The van der Waals surface area contributed by atoms with Gasteiger partial charge in [-0.15, -0.1) is 0 Å². The van der Waals surface area contributed by atoms with Crippen LogP contribution in [0.3, 0.4) is 0 Å². The van der Waals surface area contributed by atoms with Gasteiger partial charge in [-0.05, 0) is 45.4 Å². The molecule has 0 fully saturated rings. The average Bonchev–Trinajstić information content (AvgIpc) is 2.37. The number of benzene rings is 2. The van der Waals surface area contributed by atoms with Crippen LogP contribution >= 0.6 is 0 Å². The van der Waals surface area contributed by atoms with E-state index >= 15 is 0 Å². The van der Waals surface area contributed by atoms with Gasteiger partial charge in [0.25, 0.3) is 0 Å². The predicted octanol–water partition coefficient (Wildman–Crippen LogP) is 4.47. The lowest BCUT2D eigenvalue weighted by Crippen LogP contribution is -2.24. The molecule has 2 aromatic carbocycles. The van der Waals surface area contributed by atoms with E-state index in [-0.39, 0.29) is 0 Å². The van der Waals surface area contributed by atoms with Gasteiger partial charge in [-0.2, -0.15) is 0 Å². The summed E-state index contributed by atoms with van der Waals surface area (Å²) >= 11 is 0. The third-order valence-corrected chi connectivity index (χ3v) is 3.90. The molecule has 0 bridgehead atoms. The van der Waals surface area contributed by atoms with Crippen LogP contribution in [0, 0.1) is 6.92 Å². The smallest absolute Gasteiger partial charge is 0.0639 e. The van der Waals surface area contributed by atoms with Crippen molar-refractivity contribution in [2.75, 3.05) is 0 Å². The molecule has 0 aromatic heterocycles. The molecule has 0 nitrogen and oxygen atoms in total. The van der Waals surface area contributed by atoms with Gasteiger partial charge in [-0.1, -0.05) is 70.2 Å². The minimum Gasteiger partial charge on any atom is -0.0639 e. The van der Waals surface area contributed by atoms with E-state index in [9.17, 15) is 0 Å². The largest absolute Gasteiger partial charge is 0.0803 e. The molecule has 0 aliphatic heterocycles. The van der Waals surface area contributed by atoms with E-state index in [4.69, 9.17) is 15.7 Å². The fourth-order valence-corrected chi connectivity index (χ4v) is 2.85. The molecule has 0 heterocycles. The second kappa shape index (κ2) is 5.40. The van der Waals surface area contributed by atoms with Crippen LogP contribution in [0.25, 0.3) is 11.1 Å². The summed E-state index contributed by atoms with van der Waals surface area (Å²) in [7, 11) is 12.8. The first-order valence-corrected chi connectivity index (χ1v) is 7.39. The molecule has 104 valence electrons. The second-order valence-electron chi connectivity index (χ2n) is 7.01. The van der Waals surface area contributed by atoms with E-state index in [2.05, 4.69) is 43.3 Å². The molecule has 0 atom stereocenters. The van der Waals surface area contributed by atoms with Crippen molar-refractivity contribution in [1.29, 1.82) is 0 Å². The number of hydrogen-bond donors (Lipinski definition) is 0. The molecule has 0 aliphatic rings. The van der Waals surface area contributed by atoms with Crippen LogP contribution in [0.2, 0.25) is 0 Å². The fourth-order valence-electron chi connectivity index (χ4n) is 2.85. The first kappa shape index (κ1) is 15.9. The second-order valence-corrected chi connectivity index (χ2v) is 7.01. The quantitative estimate of drug-likeness (QED) is 0.723. The van der Waals surface area contributed by atoms with Gasteiger partial charge in [0.15, 0.2) is 0 Å². The summed E-state index contributed by atoms with van der Waals surface area (Å²) in [6.45, 7) is 10.3. The highest BCUT2D eigenvalue weighted by atomic mass is 14.2. The Labute approximate surface area is 131 Å². The van der Waals surface area contributed by atoms with Crippen molar-refractivity contribution >= 4 is 15.7 Å². The lowest BCUT2D eigenvalue weighted by molar-refractivity contribution is 0.723. The highest BCUT2D eigenvalue weighted by molar-refractivity contribution is 6.16. The minimum atomic E-state index is -0.394. The van der Waals surface area contributed by atoms with E-state index in [1.54, 1.807) is 0 Å². The first-order chi connectivity index (χ1) is 9.60.